The normalized spacial score (nSPS) is 11.5. The van der Waals surface area contributed by atoms with Crippen LogP contribution in [0, 0.1) is 0 Å². The molecular weight excluding hydrogens is 621 g/mol. The zero-order valence-electron chi connectivity index (χ0n) is 24.4. The number of nitrogens with zero attached hydrogens (tertiary/aromatic N) is 4. The van der Waals surface area contributed by atoms with Gasteiger partial charge in [-0.25, -0.2) is 0 Å². The van der Waals surface area contributed by atoms with Gasteiger partial charge < -0.3 is 4.57 Å². The fourth-order valence-electron chi connectivity index (χ4n) is 6.02. The summed E-state index contributed by atoms with van der Waals surface area (Å²) in [6.45, 7) is 0. The minimum Gasteiger partial charge on any atom is -0.301 e. The molecule has 0 atom stereocenters. The van der Waals surface area contributed by atoms with E-state index >= 15 is 0 Å². The number of hydrogen-bond acceptors (Lipinski definition) is 6. The maximum Gasteiger partial charge on any atom is 0.101 e. The third kappa shape index (κ3) is 4.77. The van der Waals surface area contributed by atoms with Gasteiger partial charge in [0.15, 0.2) is 0 Å². The zero-order valence-corrected chi connectivity index (χ0v) is 26.8. The van der Waals surface area contributed by atoms with E-state index in [9.17, 15) is 0 Å². The van der Waals surface area contributed by atoms with Gasteiger partial charge in [-0.2, -0.15) is 0 Å². The smallest absolute Gasteiger partial charge is 0.101 e. The third-order valence-corrected chi connectivity index (χ3v) is 11.7. The first-order valence-electron chi connectivity index (χ1n) is 14.9. The molecule has 0 radical (unpaired) electrons. The van der Waals surface area contributed by atoms with E-state index in [1.165, 1.54) is 79.0 Å². The van der Waals surface area contributed by atoms with Gasteiger partial charge in [0, 0.05) is 72.3 Å². The summed E-state index contributed by atoms with van der Waals surface area (Å²) in [5.74, 6) is 0. The van der Waals surface area contributed by atoms with E-state index in [1.54, 1.807) is 11.3 Å². The number of pyridine rings is 3. The maximum absolute atomic E-state index is 4.21. The number of rotatable bonds is 6. The van der Waals surface area contributed by atoms with Crippen molar-refractivity contribution in [3.05, 3.63) is 146 Å². The fourth-order valence-corrected chi connectivity index (χ4v) is 9.07. The average molecular weight is 645 g/mol. The Morgan fingerprint density at radius 1 is 0.348 bits per heavy atom. The molecule has 0 amide bonds. The van der Waals surface area contributed by atoms with Crippen LogP contribution >= 0.6 is 34.0 Å². The summed E-state index contributed by atoms with van der Waals surface area (Å²) in [5.41, 5.74) is 8.42. The van der Waals surface area contributed by atoms with Gasteiger partial charge in [-0.05, 0) is 125 Å². The Labute approximate surface area is 277 Å². The average Bonchev–Trinajstić information content (AvgIpc) is 3.95. The number of fused-ring (bicyclic) bond motifs is 3. The Hall–Kier alpha value is -5.21. The van der Waals surface area contributed by atoms with Crippen LogP contribution in [0.2, 0.25) is 0 Å². The Bertz CT molecular complexity index is 2340. The molecule has 0 fully saturated rings. The first-order valence-corrected chi connectivity index (χ1v) is 17.3. The van der Waals surface area contributed by atoms with E-state index in [4.69, 9.17) is 0 Å². The lowest BCUT2D eigenvalue weighted by molar-refractivity contribution is 1.22. The van der Waals surface area contributed by atoms with Gasteiger partial charge in [0.2, 0.25) is 0 Å². The highest BCUT2D eigenvalue weighted by Crippen LogP contribution is 2.43. The molecule has 4 nitrogen and oxygen atoms in total. The molecule has 9 aromatic rings. The van der Waals surface area contributed by atoms with Crippen molar-refractivity contribution < 1.29 is 0 Å². The lowest BCUT2D eigenvalue weighted by Crippen LogP contribution is -1.89. The van der Waals surface area contributed by atoms with Crippen molar-refractivity contribution in [2.24, 2.45) is 0 Å². The number of hydrogen-bond donors (Lipinski definition) is 0. The Kier molecular flexibility index (Phi) is 6.66. The standard InChI is InChI=1S/C39H24N4S3/c1-3-32-30(23-28(1)37-7-5-34(44-37)25-11-17-40-18-12-25)31-24-29(38-8-6-35(45-38)26-13-19-41-20-14-26)2-4-33(31)43(32)39-10-9-36(46-39)27-15-21-42-22-16-27/h1-24H. The molecule has 0 N–H and O–H groups in total. The van der Waals surface area contributed by atoms with Gasteiger partial charge in [0.25, 0.3) is 0 Å². The summed E-state index contributed by atoms with van der Waals surface area (Å²) in [4.78, 5) is 18.8. The number of thiophene rings is 3. The van der Waals surface area contributed by atoms with Crippen LogP contribution in [0.4, 0.5) is 0 Å². The van der Waals surface area contributed by atoms with Crippen LogP contribution in [0.3, 0.4) is 0 Å². The third-order valence-electron chi connectivity index (χ3n) is 8.25. The topological polar surface area (TPSA) is 43.6 Å². The Balaban J connectivity index is 1.20. The van der Waals surface area contributed by atoms with Crippen LogP contribution in [0.1, 0.15) is 0 Å². The molecule has 0 aliphatic rings. The van der Waals surface area contributed by atoms with E-state index in [0.717, 1.165) is 0 Å². The van der Waals surface area contributed by atoms with Crippen LogP contribution in [0.5, 0.6) is 0 Å². The monoisotopic (exact) mass is 644 g/mol. The van der Waals surface area contributed by atoms with Crippen molar-refractivity contribution in [2.75, 3.05) is 0 Å². The summed E-state index contributed by atoms with van der Waals surface area (Å²) < 4.78 is 2.42. The lowest BCUT2D eigenvalue weighted by Gasteiger charge is -2.06. The molecule has 0 saturated heterocycles. The minimum absolute atomic E-state index is 1.18. The number of aromatic nitrogens is 4. The van der Waals surface area contributed by atoms with Crippen LogP contribution in [0.15, 0.2) is 146 Å². The molecule has 7 aromatic heterocycles. The van der Waals surface area contributed by atoms with Crippen molar-refractivity contribution >= 4 is 55.8 Å². The molecule has 0 saturated carbocycles. The molecule has 7 heteroatoms. The second kappa shape index (κ2) is 11.3. The van der Waals surface area contributed by atoms with Gasteiger partial charge in [-0.3, -0.25) is 15.0 Å². The second-order valence-electron chi connectivity index (χ2n) is 11.0. The molecule has 0 spiro atoms. The fraction of sp³-hybridized carbons (Fsp3) is 0. The highest BCUT2D eigenvalue weighted by Gasteiger charge is 2.17. The van der Waals surface area contributed by atoms with Gasteiger partial charge in [-0.1, -0.05) is 12.1 Å². The van der Waals surface area contributed by atoms with Crippen LogP contribution in [-0.4, -0.2) is 19.5 Å². The summed E-state index contributed by atoms with van der Waals surface area (Å²) in [7, 11) is 0. The zero-order chi connectivity index (χ0) is 30.5. The summed E-state index contributed by atoms with van der Waals surface area (Å²) in [5, 5.41) is 3.69. The molecule has 218 valence electrons. The lowest BCUT2D eigenvalue weighted by atomic mass is 10.1. The van der Waals surface area contributed by atoms with Gasteiger partial charge in [-0.15, -0.1) is 34.0 Å². The molecule has 0 aliphatic heterocycles. The van der Waals surface area contributed by atoms with Gasteiger partial charge in [0.05, 0.1) is 11.0 Å². The van der Waals surface area contributed by atoms with E-state index in [1.807, 2.05) is 59.9 Å². The first kappa shape index (κ1) is 27.1. The van der Waals surface area contributed by atoms with Crippen molar-refractivity contribution in [1.29, 1.82) is 0 Å². The van der Waals surface area contributed by atoms with Crippen LogP contribution in [-0.2, 0) is 0 Å². The molecule has 46 heavy (non-hydrogen) atoms. The van der Waals surface area contributed by atoms with Crippen molar-refractivity contribution in [1.82, 2.24) is 19.5 Å². The summed E-state index contributed by atoms with van der Waals surface area (Å²) >= 11 is 5.44. The van der Waals surface area contributed by atoms with E-state index in [0.29, 0.717) is 0 Å². The summed E-state index contributed by atoms with van der Waals surface area (Å²) in [6, 6.07) is 39.6. The van der Waals surface area contributed by atoms with Crippen molar-refractivity contribution in [3.8, 4) is 57.2 Å². The second-order valence-corrected chi connectivity index (χ2v) is 14.2. The Morgan fingerprint density at radius 3 is 1.15 bits per heavy atom. The first-order chi connectivity index (χ1) is 22.8. The quantitative estimate of drug-likeness (QED) is 0.181. The van der Waals surface area contributed by atoms with Gasteiger partial charge in [0.1, 0.15) is 5.00 Å². The molecule has 0 unspecified atom stereocenters. The molecule has 9 rings (SSSR count). The molecule has 7 heterocycles. The predicted octanol–water partition coefficient (Wildman–Crippen LogP) is 11.5. The summed E-state index contributed by atoms with van der Waals surface area (Å²) in [6.07, 6.45) is 11.1. The van der Waals surface area contributed by atoms with Gasteiger partial charge >= 0.3 is 0 Å². The van der Waals surface area contributed by atoms with E-state index in [2.05, 4.69) is 129 Å². The molecule has 2 aromatic carbocycles. The molecule has 0 aliphatic carbocycles. The van der Waals surface area contributed by atoms with Crippen molar-refractivity contribution in [3.63, 3.8) is 0 Å². The molecule has 0 bridgehead atoms. The van der Waals surface area contributed by atoms with E-state index in [-0.39, 0.29) is 0 Å². The van der Waals surface area contributed by atoms with Crippen LogP contribution < -0.4 is 0 Å². The van der Waals surface area contributed by atoms with Crippen molar-refractivity contribution in [2.45, 2.75) is 0 Å². The largest absolute Gasteiger partial charge is 0.301 e. The highest BCUT2D eigenvalue weighted by atomic mass is 32.1. The predicted molar refractivity (Wildman–Crippen MR) is 195 cm³/mol. The van der Waals surface area contributed by atoms with E-state index < -0.39 is 0 Å². The van der Waals surface area contributed by atoms with Crippen LogP contribution in [0.25, 0.3) is 79.0 Å². The molecular formula is C39H24N4S3. The SMILES string of the molecule is c1cc(-c2ccc(-c3ccc4c(c3)c3cc(-c5ccc(-c6ccncc6)s5)ccc3n4-c3ccc(-c4ccncc4)s3)s2)ccn1. The number of benzene rings is 2. The minimum atomic E-state index is 1.18. The Morgan fingerprint density at radius 2 is 0.717 bits per heavy atom. The highest BCUT2D eigenvalue weighted by molar-refractivity contribution is 7.19. The maximum atomic E-state index is 4.21.